The topological polar surface area (TPSA) is 137 Å². The number of likely N-dealkylation sites (N-methyl/N-ethyl adjacent to an activating group) is 1. The molecule has 49 heavy (non-hydrogen) atoms. The van der Waals surface area contributed by atoms with Gasteiger partial charge in [0, 0.05) is 75.1 Å². The van der Waals surface area contributed by atoms with Gasteiger partial charge in [0.05, 0.1) is 24.4 Å². The molecule has 4 rings (SSSR count). The van der Waals surface area contributed by atoms with Gasteiger partial charge in [0.2, 0.25) is 5.91 Å². The minimum atomic E-state index is -0.741. The number of amides is 4. The number of carbonyl (C=O) groups is 4. The standard InChI is InChI=1S/C35H49FN6O7/c1-6-39(7-2)13-16-42(35(46)49-18-17-40-11-14-41(15-12-40)31(43)23-48-20-19-47-8-3)34(45)32-24(4)30(37-25(32)5)22-28-27-21-26(36)9-10-29(27)38-33(28)44/h9-10,21-22,37H,6-8,11-20,23H2,1-5H3,(H,38,44)/b28-22-. The van der Waals surface area contributed by atoms with Crippen LogP contribution in [-0.2, 0) is 23.8 Å². The highest BCUT2D eigenvalue weighted by molar-refractivity contribution is 6.35. The van der Waals surface area contributed by atoms with E-state index < -0.39 is 17.8 Å². The van der Waals surface area contributed by atoms with Gasteiger partial charge in [-0.25, -0.2) is 14.1 Å². The van der Waals surface area contributed by atoms with Crippen LogP contribution in [0.5, 0.6) is 0 Å². The molecular formula is C35H49FN6O7. The number of nitrogens with one attached hydrogen (secondary N) is 2. The first-order chi connectivity index (χ1) is 23.6. The monoisotopic (exact) mass is 684 g/mol. The Morgan fingerprint density at radius 3 is 2.39 bits per heavy atom. The third kappa shape index (κ3) is 9.75. The number of aromatic nitrogens is 1. The van der Waals surface area contributed by atoms with Gasteiger partial charge in [-0.15, -0.1) is 0 Å². The second kappa shape index (κ2) is 18.0. The molecule has 13 nitrogen and oxygen atoms in total. The molecular weight excluding hydrogens is 635 g/mol. The Hall–Kier alpha value is -4.11. The van der Waals surface area contributed by atoms with Gasteiger partial charge in [0.1, 0.15) is 19.0 Å². The third-order valence-electron chi connectivity index (χ3n) is 8.90. The molecule has 0 aliphatic carbocycles. The number of anilines is 1. The molecule has 0 bridgehead atoms. The average Bonchev–Trinajstić information content (AvgIpc) is 3.55. The summed E-state index contributed by atoms with van der Waals surface area (Å²) in [5.41, 5.74) is 3.12. The number of aromatic amines is 1. The number of ether oxygens (including phenoxy) is 3. The molecule has 14 heteroatoms. The highest BCUT2D eigenvalue weighted by atomic mass is 19.1. The lowest BCUT2D eigenvalue weighted by Crippen LogP contribution is -2.50. The quantitative estimate of drug-likeness (QED) is 0.202. The molecule has 0 unspecified atom stereocenters. The van der Waals surface area contributed by atoms with Crippen molar-refractivity contribution in [1.82, 2.24) is 24.6 Å². The number of benzene rings is 1. The van der Waals surface area contributed by atoms with E-state index in [9.17, 15) is 23.6 Å². The Balaban J connectivity index is 1.39. The number of imide groups is 1. The minimum Gasteiger partial charge on any atom is -0.448 e. The van der Waals surface area contributed by atoms with E-state index in [-0.39, 0.29) is 37.1 Å². The molecule has 1 saturated heterocycles. The van der Waals surface area contributed by atoms with Gasteiger partial charge in [0.15, 0.2) is 0 Å². The molecule has 0 atom stereocenters. The van der Waals surface area contributed by atoms with Gasteiger partial charge in [-0.1, -0.05) is 13.8 Å². The predicted octanol–water partition coefficient (Wildman–Crippen LogP) is 3.38. The Bertz CT molecular complexity index is 1510. The van der Waals surface area contributed by atoms with Crippen molar-refractivity contribution in [3.8, 4) is 0 Å². The summed E-state index contributed by atoms with van der Waals surface area (Å²) in [5.74, 6) is -1.42. The average molecular weight is 685 g/mol. The largest absolute Gasteiger partial charge is 0.448 e. The number of carbonyl (C=O) groups excluding carboxylic acids is 4. The summed E-state index contributed by atoms with van der Waals surface area (Å²) in [6.07, 6.45) is 0.857. The first-order valence-electron chi connectivity index (χ1n) is 17.0. The van der Waals surface area contributed by atoms with E-state index in [1.807, 2.05) is 20.8 Å². The van der Waals surface area contributed by atoms with Crippen molar-refractivity contribution in [3.63, 3.8) is 0 Å². The van der Waals surface area contributed by atoms with Crippen molar-refractivity contribution in [2.24, 2.45) is 0 Å². The number of aryl methyl sites for hydroxylation is 1. The highest BCUT2D eigenvalue weighted by Crippen LogP contribution is 2.34. The zero-order valence-electron chi connectivity index (χ0n) is 29.2. The summed E-state index contributed by atoms with van der Waals surface area (Å²) >= 11 is 0. The molecule has 2 N–H and O–H groups in total. The van der Waals surface area contributed by atoms with Crippen LogP contribution in [0.1, 0.15) is 53.6 Å². The van der Waals surface area contributed by atoms with E-state index in [2.05, 4.69) is 20.1 Å². The van der Waals surface area contributed by atoms with Gasteiger partial charge in [-0.2, -0.15) is 0 Å². The molecule has 0 spiro atoms. The van der Waals surface area contributed by atoms with Crippen molar-refractivity contribution in [2.75, 3.05) is 97.3 Å². The first kappa shape index (κ1) is 37.7. The van der Waals surface area contributed by atoms with Crippen LogP contribution >= 0.6 is 0 Å². The molecule has 1 fully saturated rings. The second-order valence-electron chi connectivity index (χ2n) is 11.9. The molecule has 2 aliphatic heterocycles. The molecule has 3 heterocycles. The van der Waals surface area contributed by atoms with Crippen LogP contribution in [0.15, 0.2) is 18.2 Å². The molecule has 2 aromatic rings. The lowest BCUT2D eigenvalue weighted by atomic mass is 10.0. The highest BCUT2D eigenvalue weighted by Gasteiger charge is 2.31. The number of piperazine rings is 1. The maximum Gasteiger partial charge on any atom is 0.416 e. The molecule has 1 aromatic carbocycles. The van der Waals surface area contributed by atoms with E-state index in [4.69, 9.17) is 14.2 Å². The normalized spacial score (nSPS) is 15.5. The number of H-pyrrole nitrogens is 1. The van der Waals surface area contributed by atoms with E-state index >= 15 is 0 Å². The summed E-state index contributed by atoms with van der Waals surface area (Å²) in [5, 5.41) is 2.73. The Morgan fingerprint density at radius 2 is 1.69 bits per heavy atom. The molecule has 268 valence electrons. The summed E-state index contributed by atoms with van der Waals surface area (Å²) in [7, 11) is 0. The van der Waals surface area contributed by atoms with Crippen LogP contribution in [0.2, 0.25) is 0 Å². The maximum atomic E-state index is 14.0. The molecule has 1 aromatic heterocycles. The van der Waals surface area contributed by atoms with Gasteiger partial charge in [0.25, 0.3) is 11.8 Å². The van der Waals surface area contributed by atoms with Crippen LogP contribution in [0.4, 0.5) is 14.9 Å². The van der Waals surface area contributed by atoms with Crippen molar-refractivity contribution in [1.29, 1.82) is 0 Å². The number of halogens is 1. The van der Waals surface area contributed by atoms with Crippen LogP contribution in [0, 0.1) is 19.7 Å². The zero-order valence-corrected chi connectivity index (χ0v) is 29.2. The van der Waals surface area contributed by atoms with E-state index in [1.54, 1.807) is 24.8 Å². The fourth-order valence-electron chi connectivity index (χ4n) is 5.95. The summed E-state index contributed by atoms with van der Waals surface area (Å²) in [6, 6.07) is 4.08. The fourth-order valence-corrected chi connectivity index (χ4v) is 5.95. The summed E-state index contributed by atoms with van der Waals surface area (Å²) in [6.45, 7) is 15.9. The Morgan fingerprint density at radius 1 is 0.980 bits per heavy atom. The van der Waals surface area contributed by atoms with Crippen molar-refractivity contribution < 1.29 is 37.8 Å². The van der Waals surface area contributed by atoms with Crippen molar-refractivity contribution in [2.45, 2.75) is 34.6 Å². The van der Waals surface area contributed by atoms with E-state index in [0.717, 1.165) is 18.0 Å². The van der Waals surface area contributed by atoms with E-state index in [1.165, 1.54) is 18.2 Å². The van der Waals surface area contributed by atoms with Gasteiger partial charge < -0.3 is 34.3 Å². The molecule has 2 aliphatic rings. The minimum absolute atomic E-state index is 0.0182. The number of hydrogen-bond donors (Lipinski definition) is 2. The second-order valence-corrected chi connectivity index (χ2v) is 11.9. The molecule has 0 saturated carbocycles. The van der Waals surface area contributed by atoms with Crippen LogP contribution in [0.25, 0.3) is 11.6 Å². The lowest BCUT2D eigenvalue weighted by Gasteiger charge is -2.34. The lowest BCUT2D eigenvalue weighted by molar-refractivity contribution is -0.138. The Kier molecular flexibility index (Phi) is 13.9. The van der Waals surface area contributed by atoms with Crippen LogP contribution in [-0.4, -0.2) is 140 Å². The fraction of sp³-hybridized carbons (Fsp3) is 0.543. The molecule has 4 amide bonds. The van der Waals surface area contributed by atoms with Gasteiger partial charge in [-0.05, 0) is 63.7 Å². The summed E-state index contributed by atoms with van der Waals surface area (Å²) in [4.78, 5) is 63.0. The maximum absolute atomic E-state index is 14.0. The Labute approximate surface area is 287 Å². The molecule has 0 radical (unpaired) electrons. The number of rotatable bonds is 16. The van der Waals surface area contributed by atoms with Gasteiger partial charge in [-0.3, -0.25) is 19.3 Å². The number of hydrogen-bond acceptors (Lipinski definition) is 9. The first-order valence-corrected chi connectivity index (χ1v) is 17.0. The number of nitrogens with zero attached hydrogens (tertiary/aromatic N) is 4. The van der Waals surface area contributed by atoms with Gasteiger partial charge >= 0.3 is 6.09 Å². The predicted molar refractivity (Wildman–Crippen MR) is 184 cm³/mol. The number of fused-ring (bicyclic) bond motifs is 1. The van der Waals surface area contributed by atoms with Crippen molar-refractivity contribution >= 4 is 41.2 Å². The van der Waals surface area contributed by atoms with Crippen LogP contribution < -0.4 is 5.32 Å². The van der Waals surface area contributed by atoms with E-state index in [0.29, 0.717) is 92.9 Å². The van der Waals surface area contributed by atoms with Crippen LogP contribution in [0.3, 0.4) is 0 Å². The van der Waals surface area contributed by atoms with Crippen molar-refractivity contribution in [3.05, 3.63) is 52.1 Å². The smallest absolute Gasteiger partial charge is 0.416 e. The SMILES string of the molecule is CCOCCOCC(=O)N1CCN(CCOC(=O)N(CCN(CC)CC)C(=O)c2c(C)[nH]c(/C=C3\C(=O)Nc4ccc(F)cc43)c2C)CC1. The summed E-state index contributed by atoms with van der Waals surface area (Å²) < 4.78 is 30.3. The third-order valence-corrected chi connectivity index (χ3v) is 8.90. The zero-order chi connectivity index (χ0) is 35.5.